The lowest BCUT2D eigenvalue weighted by atomic mass is 10.1. The van der Waals surface area contributed by atoms with E-state index in [9.17, 15) is 0 Å². The predicted molar refractivity (Wildman–Crippen MR) is 68.4 cm³/mol. The van der Waals surface area contributed by atoms with Gasteiger partial charge in [0.1, 0.15) is 0 Å². The second kappa shape index (κ2) is 6.66. The topological polar surface area (TPSA) is 35.2 Å². The number of nitrogens with two attached hydrogens (primary N) is 1. The van der Waals surface area contributed by atoms with Crippen molar-refractivity contribution in [1.29, 1.82) is 0 Å². The molecule has 1 unspecified atom stereocenters. The molecule has 2 nitrogen and oxygen atoms in total. The highest BCUT2D eigenvalue weighted by atomic mass is 16.5. The molecule has 1 atom stereocenters. The molecule has 0 aromatic heterocycles. The average molecular weight is 221 g/mol. The number of ether oxygens (including phenoxy) is 1. The molecule has 0 saturated heterocycles. The minimum absolute atomic E-state index is 0.00735. The van der Waals surface area contributed by atoms with Crippen LogP contribution in [-0.4, -0.2) is 13.2 Å². The summed E-state index contributed by atoms with van der Waals surface area (Å²) >= 11 is 0. The van der Waals surface area contributed by atoms with Crippen LogP contribution in [0.2, 0.25) is 0 Å². The van der Waals surface area contributed by atoms with Gasteiger partial charge in [-0.2, -0.15) is 0 Å². The van der Waals surface area contributed by atoms with Crippen molar-refractivity contribution < 1.29 is 4.74 Å². The first-order valence-electron chi connectivity index (χ1n) is 5.99. The van der Waals surface area contributed by atoms with Gasteiger partial charge in [0.2, 0.25) is 0 Å². The Morgan fingerprint density at radius 1 is 1.31 bits per heavy atom. The van der Waals surface area contributed by atoms with E-state index >= 15 is 0 Å². The Labute approximate surface area is 98.8 Å². The van der Waals surface area contributed by atoms with Gasteiger partial charge >= 0.3 is 0 Å². The normalized spacial score (nSPS) is 13.1. The van der Waals surface area contributed by atoms with E-state index in [0.717, 1.165) is 18.6 Å². The number of benzene rings is 1. The number of aryl methyl sites for hydroxylation is 1. The molecule has 1 aromatic rings. The quantitative estimate of drug-likeness (QED) is 0.749. The molecule has 90 valence electrons. The number of hydrogen-bond acceptors (Lipinski definition) is 2. The fourth-order valence-corrected chi connectivity index (χ4v) is 1.53. The molecular weight excluding hydrogens is 198 g/mol. The lowest BCUT2D eigenvalue weighted by Gasteiger charge is -2.13. The minimum Gasteiger partial charge on any atom is -0.379 e. The van der Waals surface area contributed by atoms with Crippen LogP contribution in [0, 0.1) is 12.8 Å². The van der Waals surface area contributed by atoms with Crippen LogP contribution < -0.4 is 5.73 Å². The molecule has 0 aliphatic carbocycles. The summed E-state index contributed by atoms with van der Waals surface area (Å²) in [6, 6.07) is 8.29. The zero-order valence-electron chi connectivity index (χ0n) is 10.6. The van der Waals surface area contributed by atoms with E-state index in [2.05, 4.69) is 39.0 Å². The SMILES string of the molecule is Cc1cccc(C(N)COCCC(C)C)c1. The smallest absolute Gasteiger partial charge is 0.0659 e. The van der Waals surface area contributed by atoms with E-state index in [-0.39, 0.29) is 6.04 Å². The number of hydrogen-bond donors (Lipinski definition) is 1. The van der Waals surface area contributed by atoms with Gasteiger partial charge in [0.25, 0.3) is 0 Å². The van der Waals surface area contributed by atoms with Crippen molar-refractivity contribution in [1.82, 2.24) is 0 Å². The molecule has 0 aliphatic heterocycles. The molecule has 1 aromatic carbocycles. The van der Waals surface area contributed by atoms with Crippen LogP contribution >= 0.6 is 0 Å². The highest BCUT2D eigenvalue weighted by Gasteiger charge is 2.06. The molecule has 0 bridgehead atoms. The third-order valence-corrected chi connectivity index (χ3v) is 2.61. The Bertz CT molecular complexity index is 309. The van der Waals surface area contributed by atoms with Crippen LogP contribution in [0.15, 0.2) is 24.3 Å². The van der Waals surface area contributed by atoms with Crippen LogP contribution in [0.5, 0.6) is 0 Å². The van der Waals surface area contributed by atoms with E-state index < -0.39 is 0 Å². The summed E-state index contributed by atoms with van der Waals surface area (Å²) in [4.78, 5) is 0. The van der Waals surface area contributed by atoms with E-state index in [1.54, 1.807) is 0 Å². The molecule has 0 heterocycles. The maximum atomic E-state index is 6.06. The zero-order valence-corrected chi connectivity index (χ0v) is 10.6. The maximum absolute atomic E-state index is 6.06. The average Bonchev–Trinajstić information content (AvgIpc) is 2.24. The van der Waals surface area contributed by atoms with Crippen molar-refractivity contribution >= 4 is 0 Å². The highest BCUT2D eigenvalue weighted by molar-refractivity contribution is 5.24. The second-order valence-electron chi connectivity index (χ2n) is 4.78. The fourth-order valence-electron chi connectivity index (χ4n) is 1.53. The summed E-state index contributed by atoms with van der Waals surface area (Å²) in [5.41, 5.74) is 8.46. The molecule has 16 heavy (non-hydrogen) atoms. The van der Waals surface area contributed by atoms with Gasteiger partial charge in [-0.1, -0.05) is 43.7 Å². The second-order valence-corrected chi connectivity index (χ2v) is 4.78. The Morgan fingerprint density at radius 2 is 2.06 bits per heavy atom. The minimum atomic E-state index is -0.00735. The third-order valence-electron chi connectivity index (χ3n) is 2.61. The number of rotatable bonds is 6. The fraction of sp³-hybridized carbons (Fsp3) is 0.571. The molecule has 2 heteroatoms. The van der Waals surface area contributed by atoms with Crippen LogP contribution in [0.4, 0.5) is 0 Å². The molecule has 0 amide bonds. The van der Waals surface area contributed by atoms with Gasteiger partial charge in [-0.25, -0.2) is 0 Å². The maximum Gasteiger partial charge on any atom is 0.0659 e. The summed E-state index contributed by atoms with van der Waals surface area (Å²) in [6.07, 6.45) is 1.10. The lowest BCUT2D eigenvalue weighted by Crippen LogP contribution is -2.18. The van der Waals surface area contributed by atoms with Crippen molar-refractivity contribution in [3.05, 3.63) is 35.4 Å². The largest absolute Gasteiger partial charge is 0.379 e. The van der Waals surface area contributed by atoms with Crippen molar-refractivity contribution in [3.8, 4) is 0 Å². The molecular formula is C14H23NO. The van der Waals surface area contributed by atoms with Crippen molar-refractivity contribution in [3.63, 3.8) is 0 Å². The van der Waals surface area contributed by atoms with Gasteiger partial charge in [0, 0.05) is 6.61 Å². The standard InChI is InChI=1S/C14H23NO/c1-11(2)7-8-16-10-14(15)13-6-4-5-12(3)9-13/h4-6,9,11,14H,7-8,10,15H2,1-3H3. The van der Waals surface area contributed by atoms with Gasteiger partial charge in [-0.05, 0) is 24.8 Å². The van der Waals surface area contributed by atoms with Crippen molar-refractivity contribution in [2.24, 2.45) is 11.7 Å². The Morgan fingerprint density at radius 3 is 2.69 bits per heavy atom. The monoisotopic (exact) mass is 221 g/mol. The van der Waals surface area contributed by atoms with E-state index in [1.165, 1.54) is 5.56 Å². The summed E-state index contributed by atoms with van der Waals surface area (Å²) in [7, 11) is 0. The van der Waals surface area contributed by atoms with Crippen molar-refractivity contribution in [2.45, 2.75) is 33.2 Å². The highest BCUT2D eigenvalue weighted by Crippen LogP contribution is 2.12. The first-order valence-corrected chi connectivity index (χ1v) is 5.99. The van der Waals surface area contributed by atoms with Crippen LogP contribution in [0.25, 0.3) is 0 Å². The molecule has 0 spiro atoms. The van der Waals surface area contributed by atoms with Gasteiger partial charge in [0.05, 0.1) is 12.6 Å². The Kier molecular flexibility index (Phi) is 5.50. The summed E-state index contributed by atoms with van der Waals surface area (Å²) in [5.74, 6) is 0.690. The summed E-state index contributed by atoms with van der Waals surface area (Å²) in [6.45, 7) is 7.89. The molecule has 0 fully saturated rings. The first-order chi connectivity index (χ1) is 7.59. The Hall–Kier alpha value is -0.860. The van der Waals surface area contributed by atoms with Gasteiger partial charge in [-0.3, -0.25) is 0 Å². The van der Waals surface area contributed by atoms with Crippen LogP contribution in [0.1, 0.15) is 37.4 Å². The summed E-state index contributed by atoms with van der Waals surface area (Å²) in [5, 5.41) is 0. The van der Waals surface area contributed by atoms with Crippen LogP contribution in [0.3, 0.4) is 0 Å². The van der Waals surface area contributed by atoms with Crippen LogP contribution in [-0.2, 0) is 4.74 Å². The van der Waals surface area contributed by atoms with E-state index in [1.807, 2.05) is 6.07 Å². The summed E-state index contributed by atoms with van der Waals surface area (Å²) < 4.78 is 5.58. The molecule has 0 saturated carbocycles. The lowest BCUT2D eigenvalue weighted by molar-refractivity contribution is 0.111. The van der Waals surface area contributed by atoms with Gasteiger partial charge in [0.15, 0.2) is 0 Å². The Balaban J connectivity index is 2.32. The molecule has 1 rings (SSSR count). The van der Waals surface area contributed by atoms with Gasteiger partial charge < -0.3 is 10.5 Å². The van der Waals surface area contributed by atoms with E-state index in [4.69, 9.17) is 10.5 Å². The van der Waals surface area contributed by atoms with Gasteiger partial charge in [-0.15, -0.1) is 0 Å². The van der Waals surface area contributed by atoms with Crippen molar-refractivity contribution in [2.75, 3.05) is 13.2 Å². The van der Waals surface area contributed by atoms with E-state index in [0.29, 0.717) is 12.5 Å². The third kappa shape index (κ3) is 4.77. The predicted octanol–water partition coefficient (Wildman–Crippen LogP) is 3.06. The molecule has 0 radical (unpaired) electrons. The first kappa shape index (κ1) is 13.2. The molecule has 2 N–H and O–H groups in total. The zero-order chi connectivity index (χ0) is 12.0. The molecule has 0 aliphatic rings.